The minimum absolute atomic E-state index is 0.0308. The zero-order chi connectivity index (χ0) is 13.8. The van der Waals surface area contributed by atoms with Crippen molar-refractivity contribution in [2.75, 3.05) is 11.9 Å². The number of aromatic nitrogens is 1. The first-order valence-electron chi connectivity index (χ1n) is 6.55. The average Bonchev–Trinajstić information content (AvgIpc) is 2.41. The number of pyridine rings is 1. The van der Waals surface area contributed by atoms with Gasteiger partial charge >= 0.3 is 0 Å². The fourth-order valence-corrected chi connectivity index (χ4v) is 2.02. The van der Waals surface area contributed by atoms with Gasteiger partial charge in [-0.05, 0) is 36.6 Å². The molecule has 2 N–H and O–H groups in total. The van der Waals surface area contributed by atoms with Crippen molar-refractivity contribution in [2.24, 2.45) is 5.73 Å². The normalized spacial score (nSPS) is 12.2. The van der Waals surface area contributed by atoms with Gasteiger partial charge in [-0.1, -0.05) is 30.3 Å². The number of hydrogen-bond acceptors (Lipinski definition) is 3. The summed E-state index contributed by atoms with van der Waals surface area (Å²) in [6.45, 7) is 4.96. The zero-order valence-corrected chi connectivity index (χ0v) is 11.8. The molecule has 0 saturated heterocycles. The van der Waals surface area contributed by atoms with E-state index in [1.54, 1.807) is 0 Å². The maximum absolute atomic E-state index is 5.83. The fraction of sp³-hybridized carbons (Fsp3) is 0.312. The highest BCUT2D eigenvalue weighted by Crippen LogP contribution is 2.17. The van der Waals surface area contributed by atoms with E-state index in [4.69, 9.17) is 5.73 Å². The smallest absolute Gasteiger partial charge is 0.128 e. The molecule has 2 rings (SSSR count). The molecule has 0 aliphatic heterocycles. The molecule has 0 aliphatic carbocycles. The van der Waals surface area contributed by atoms with Gasteiger partial charge in [0, 0.05) is 25.8 Å². The van der Waals surface area contributed by atoms with E-state index in [-0.39, 0.29) is 6.04 Å². The largest absolute Gasteiger partial charge is 0.355 e. The predicted molar refractivity (Wildman–Crippen MR) is 80.1 cm³/mol. The Morgan fingerprint density at radius 2 is 1.95 bits per heavy atom. The van der Waals surface area contributed by atoms with Crippen LogP contribution in [0.5, 0.6) is 0 Å². The summed E-state index contributed by atoms with van der Waals surface area (Å²) in [6.07, 6.45) is 1.86. The molecule has 1 unspecified atom stereocenters. The third-order valence-corrected chi connectivity index (χ3v) is 3.36. The van der Waals surface area contributed by atoms with E-state index >= 15 is 0 Å². The first kappa shape index (κ1) is 13.6. The Labute approximate surface area is 115 Å². The van der Waals surface area contributed by atoms with Crippen LogP contribution in [0.2, 0.25) is 0 Å². The second-order valence-corrected chi connectivity index (χ2v) is 5.02. The molecular formula is C16H21N3. The SMILES string of the molecule is Cc1ccccc1CN(C)c1ccc(C(C)N)cn1. The van der Waals surface area contributed by atoms with Gasteiger partial charge < -0.3 is 10.6 Å². The Balaban J connectivity index is 2.12. The lowest BCUT2D eigenvalue weighted by molar-refractivity contribution is 0.807. The van der Waals surface area contributed by atoms with Gasteiger partial charge in [0.05, 0.1) is 0 Å². The minimum Gasteiger partial charge on any atom is -0.355 e. The van der Waals surface area contributed by atoms with E-state index in [0.717, 1.165) is 17.9 Å². The van der Waals surface area contributed by atoms with Crippen LogP contribution >= 0.6 is 0 Å². The Bertz CT molecular complexity index is 532. The molecule has 0 spiro atoms. The van der Waals surface area contributed by atoms with Crippen LogP contribution < -0.4 is 10.6 Å². The van der Waals surface area contributed by atoms with Gasteiger partial charge in [-0.15, -0.1) is 0 Å². The third kappa shape index (κ3) is 3.32. The van der Waals surface area contributed by atoms with Crippen molar-refractivity contribution in [2.45, 2.75) is 26.4 Å². The second-order valence-electron chi connectivity index (χ2n) is 5.02. The van der Waals surface area contributed by atoms with Crippen molar-refractivity contribution in [1.29, 1.82) is 0 Å². The molecule has 0 amide bonds. The molecule has 2 aromatic rings. The van der Waals surface area contributed by atoms with E-state index in [1.165, 1.54) is 11.1 Å². The van der Waals surface area contributed by atoms with Crippen LogP contribution in [0.3, 0.4) is 0 Å². The summed E-state index contributed by atoms with van der Waals surface area (Å²) >= 11 is 0. The molecule has 19 heavy (non-hydrogen) atoms. The first-order valence-corrected chi connectivity index (χ1v) is 6.55. The van der Waals surface area contributed by atoms with Crippen LogP contribution in [0.4, 0.5) is 5.82 Å². The number of anilines is 1. The van der Waals surface area contributed by atoms with Crippen molar-refractivity contribution < 1.29 is 0 Å². The number of rotatable bonds is 4. The van der Waals surface area contributed by atoms with Crippen LogP contribution in [0.25, 0.3) is 0 Å². The lowest BCUT2D eigenvalue weighted by Crippen LogP contribution is -2.18. The summed E-state index contributed by atoms with van der Waals surface area (Å²) in [4.78, 5) is 6.62. The van der Waals surface area contributed by atoms with E-state index in [1.807, 2.05) is 25.3 Å². The van der Waals surface area contributed by atoms with Gasteiger partial charge in [0.25, 0.3) is 0 Å². The predicted octanol–water partition coefficient (Wildman–Crippen LogP) is 3.05. The third-order valence-electron chi connectivity index (χ3n) is 3.36. The van der Waals surface area contributed by atoms with Crippen LogP contribution in [0.1, 0.15) is 29.7 Å². The molecule has 1 atom stereocenters. The number of aryl methyl sites for hydroxylation is 1. The van der Waals surface area contributed by atoms with Gasteiger partial charge in [0.2, 0.25) is 0 Å². The van der Waals surface area contributed by atoms with Gasteiger partial charge in [-0.2, -0.15) is 0 Å². The first-order chi connectivity index (χ1) is 9.08. The molecule has 1 aromatic heterocycles. The van der Waals surface area contributed by atoms with Gasteiger partial charge in [0.1, 0.15) is 5.82 Å². The summed E-state index contributed by atoms with van der Waals surface area (Å²) in [5.41, 5.74) is 9.52. The van der Waals surface area contributed by atoms with E-state index in [0.29, 0.717) is 0 Å². The van der Waals surface area contributed by atoms with E-state index in [2.05, 4.69) is 48.1 Å². The standard InChI is InChI=1S/C16H21N3/c1-12-6-4-5-7-15(12)11-19(3)16-9-8-14(10-18-16)13(2)17/h4-10,13H,11,17H2,1-3H3. The molecule has 100 valence electrons. The van der Waals surface area contributed by atoms with Crippen LogP contribution in [0.15, 0.2) is 42.6 Å². The van der Waals surface area contributed by atoms with Gasteiger partial charge in [-0.25, -0.2) is 4.98 Å². The maximum Gasteiger partial charge on any atom is 0.128 e. The molecule has 0 bridgehead atoms. The highest BCUT2D eigenvalue weighted by Gasteiger charge is 2.06. The fourth-order valence-electron chi connectivity index (χ4n) is 2.02. The second kappa shape index (κ2) is 5.85. The molecule has 0 aliphatic rings. The topological polar surface area (TPSA) is 42.1 Å². The van der Waals surface area contributed by atoms with E-state index in [9.17, 15) is 0 Å². The lowest BCUT2D eigenvalue weighted by atomic mass is 10.1. The number of nitrogens with two attached hydrogens (primary N) is 1. The summed E-state index contributed by atoms with van der Waals surface area (Å²) < 4.78 is 0. The molecule has 1 aromatic carbocycles. The Kier molecular flexibility index (Phi) is 4.17. The number of hydrogen-bond donors (Lipinski definition) is 1. The molecule has 0 fully saturated rings. The van der Waals surface area contributed by atoms with Gasteiger partial charge in [-0.3, -0.25) is 0 Å². The Morgan fingerprint density at radius 1 is 1.21 bits per heavy atom. The number of benzene rings is 1. The van der Waals surface area contributed by atoms with Crippen molar-refractivity contribution in [3.63, 3.8) is 0 Å². The highest BCUT2D eigenvalue weighted by molar-refractivity contribution is 5.41. The van der Waals surface area contributed by atoms with Crippen molar-refractivity contribution in [1.82, 2.24) is 4.98 Å². The van der Waals surface area contributed by atoms with Crippen molar-refractivity contribution in [3.8, 4) is 0 Å². The molecule has 3 heteroatoms. The van der Waals surface area contributed by atoms with Crippen LogP contribution in [-0.4, -0.2) is 12.0 Å². The highest BCUT2D eigenvalue weighted by atomic mass is 15.2. The quantitative estimate of drug-likeness (QED) is 0.913. The monoisotopic (exact) mass is 255 g/mol. The summed E-state index contributed by atoms with van der Waals surface area (Å²) in [6, 6.07) is 12.5. The van der Waals surface area contributed by atoms with Gasteiger partial charge in [0.15, 0.2) is 0 Å². The average molecular weight is 255 g/mol. The molecule has 3 nitrogen and oxygen atoms in total. The van der Waals surface area contributed by atoms with Crippen LogP contribution in [0, 0.1) is 6.92 Å². The summed E-state index contributed by atoms with van der Waals surface area (Å²) in [7, 11) is 2.06. The lowest BCUT2D eigenvalue weighted by Gasteiger charge is -2.20. The maximum atomic E-state index is 5.83. The molecular weight excluding hydrogens is 234 g/mol. The van der Waals surface area contributed by atoms with E-state index < -0.39 is 0 Å². The number of nitrogens with zero attached hydrogens (tertiary/aromatic N) is 2. The summed E-state index contributed by atoms with van der Waals surface area (Å²) in [5, 5.41) is 0. The zero-order valence-electron chi connectivity index (χ0n) is 11.8. The molecule has 0 radical (unpaired) electrons. The van der Waals surface area contributed by atoms with Crippen LogP contribution in [-0.2, 0) is 6.54 Å². The Hall–Kier alpha value is -1.87. The summed E-state index contributed by atoms with van der Waals surface area (Å²) in [5.74, 6) is 0.965. The van der Waals surface area contributed by atoms with Crippen molar-refractivity contribution >= 4 is 5.82 Å². The van der Waals surface area contributed by atoms with Crippen molar-refractivity contribution in [3.05, 3.63) is 59.3 Å². The minimum atomic E-state index is 0.0308. The Morgan fingerprint density at radius 3 is 2.53 bits per heavy atom. The molecule has 0 saturated carbocycles. The molecule has 1 heterocycles.